The van der Waals surface area contributed by atoms with Crippen LogP contribution in [0, 0.1) is 13.7 Å². The molecular weight excluding hydrogens is 439 g/mol. The highest BCUT2D eigenvalue weighted by Crippen LogP contribution is 2.30. The molecule has 0 saturated carbocycles. The molecule has 3 rings (SSSR count). The molecule has 0 unspecified atom stereocenters. The van der Waals surface area contributed by atoms with E-state index in [2.05, 4.69) is 5.32 Å². The Balaban J connectivity index is 1.71. The molecule has 0 spiro atoms. The van der Waals surface area contributed by atoms with Crippen LogP contribution < -0.4 is 14.8 Å². The van der Waals surface area contributed by atoms with Crippen molar-refractivity contribution < 1.29 is 19.2 Å². The molecular formula is C17H15IN2O5. The molecule has 0 fully saturated rings. The lowest BCUT2D eigenvalue weighted by molar-refractivity contribution is -0.384. The van der Waals surface area contributed by atoms with E-state index >= 15 is 0 Å². The van der Waals surface area contributed by atoms with E-state index in [1.807, 2.05) is 40.8 Å². The zero-order valence-electron chi connectivity index (χ0n) is 13.2. The largest absolute Gasteiger partial charge is 0.490 e. The van der Waals surface area contributed by atoms with Gasteiger partial charge in [-0.2, -0.15) is 0 Å². The highest BCUT2D eigenvalue weighted by Gasteiger charge is 2.16. The number of non-ortho nitro benzene ring substituents is 1. The van der Waals surface area contributed by atoms with Crippen LogP contribution in [0.4, 0.5) is 5.69 Å². The third kappa shape index (κ3) is 4.19. The summed E-state index contributed by atoms with van der Waals surface area (Å²) in [7, 11) is 0. The normalized spacial score (nSPS) is 13.0. The number of fused-ring (bicyclic) bond motifs is 1. The van der Waals surface area contributed by atoms with Crippen LogP contribution in [-0.4, -0.2) is 24.0 Å². The Bertz CT molecular complexity index is 825. The summed E-state index contributed by atoms with van der Waals surface area (Å²) in [5, 5.41) is 13.7. The van der Waals surface area contributed by atoms with Gasteiger partial charge in [0.15, 0.2) is 11.5 Å². The lowest BCUT2D eigenvalue weighted by Crippen LogP contribution is -2.23. The highest BCUT2D eigenvalue weighted by atomic mass is 127. The minimum Gasteiger partial charge on any atom is -0.490 e. The molecule has 0 saturated heterocycles. The molecule has 0 atom stereocenters. The van der Waals surface area contributed by atoms with Crippen molar-refractivity contribution >= 4 is 34.2 Å². The van der Waals surface area contributed by atoms with Crippen molar-refractivity contribution in [2.75, 3.05) is 13.2 Å². The van der Waals surface area contributed by atoms with Gasteiger partial charge < -0.3 is 14.8 Å². The van der Waals surface area contributed by atoms with Crippen LogP contribution in [-0.2, 0) is 6.54 Å². The standard InChI is InChI=1S/C17H15IN2O5/c18-14-4-3-12(20(22)23)9-13(14)17(21)19-10-11-2-5-15-16(8-11)25-7-1-6-24-15/h2-5,8-9H,1,6-7,10H2,(H,19,21). The first-order valence-electron chi connectivity index (χ1n) is 7.65. The number of carbonyl (C=O) groups is 1. The monoisotopic (exact) mass is 454 g/mol. The predicted molar refractivity (Wildman–Crippen MR) is 99.0 cm³/mol. The molecule has 0 bridgehead atoms. The van der Waals surface area contributed by atoms with E-state index in [4.69, 9.17) is 9.47 Å². The zero-order valence-corrected chi connectivity index (χ0v) is 15.3. The number of carbonyl (C=O) groups excluding carboxylic acids is 1. The average Bonchev–Trinajstić information content (AvgIpc) is 2.84. The number of hydrogen-bond donors (Lipinski definition) is 1. The fraction of sp³-hybridized carbons (Fsp3) is 0.235. The van der Waals surface area contributed by atoms with Gasteiger partial charge in [-0.15, -0.1) is 0 Å². The van der Waals surface area contributed by atoms with Crippen molar-refractivity contribution in [2.24, 2.45) is 0 Å². The molecule has 25 heavy (non-hydrogen) atoms. The summed E-state index contributed by atoms with van der Waals surface area (Å²) in [5.41, 5.74) is 1.03. The summed E-state index contributed by atoms with van der Waals surface area (Å²) in [6.45, 7) is 1.50. The molecule has 7 nitrogen and oxygen atoms in total. The smallest absolute Gasteiger partial charge is 0.270 e. The van der Waals surface area contributed by atoms with Crippen LogP contribution >= 0.6 is 22.6 Å². The Morgan fingerprint density at radius 2 is 1.92 bits per heavy atom. The predicted octanol–water partition coefficient (Wildman–Crippen LogP) is 3.29. The first kappa shape index (κ1) is 17.5. The maximum Gasteiger partial charge on any atom is 0.270 e. The van der Waals surface area contributed by atoms with Crippen LogP contribution in [0.5, 0.6) is 11.5 Å². The van der Waals surface area contributed by atoms with Crippen molar-refractivity contribution in [2.45, 2.75) is 13.0 Å². The van der Waals surface area contributed by atoms with Crippen molar-refractivity contribution in [1.82, 2.24) is 5.32 Å². The van der Waals surface area contributed by atoms with Crippen molar-refractivity contribution in [3.05, 3.63) is 61.2 Å². The number of halogens is 1. The number of nitro groups is 1. The zero-order chi connectivity index (χ0) is 17.8. The maximum atomic E-state index is 12.4. The first-order valence-corrected chi connectivity index (χ1v) is 8.73. The number of rotatable bonds is 4. The number of nitrogens with zero attached hydrogens (tertiary/aromatic N) is 1. The van der Waals surface area contributed by atoms with E-state index < -0.39 is 4.92 Å². The van der Waals surface area contributed by atoms with Crippen molar-refractivity contribution in [3.8, 4) is 11.5 Å². The summed E-state index contributed by atoms with van der Waals surface area (Å²) in [6, 6.07) is 9.72. The van der Waals surface area contributed by atoms with Gasteiger partial charge in [-0.05, 0) is 46.4 Å². The Morgan fingerprint density at radius 1 is 1.16 bits per heavy atom. The molecule has 2 aromatic carbocycles. The summed E-state index contributed by atoms with van der Waals surface area (Å²) in [5.74, 6) is 0.996. The van der Waals surface area contributed by atoms with E-state index in [0.29, 0.717) is 28.3 Å². The van der Waals surface area contributed by atoms with Crippen molar-refractivity contribution in [1.29, 1.82) is 0 Å². The second kappa shape index (κ2) is 7.68. The topological polar surface area (TPSA) is 90.7 Å². The van der Waals surface area contributed by atoms with Gasteiger partial charge in [0.05, 0.1) is 23.7 Å². The SMILES string of the molecule is O=C(NCc1ccc2c(c1)OCCCO2)c1cc([N+](=O)[O-])ccc1I. The van der Waals surface area contributed by atoms with Gasteiger partial charge in [-0.3, -0.25) is 14.9 Å². The minimum atomic E-state index is -0.517. The molecule has 0 aromatic heterocycles. The molecule has 130 valence electrons. The number of nitro benzene ring substituents is 1. The number of hydrogen-bond acceptors (Lipinski definition) is 5. The van der Waals surface area contributed by atoms with Crippen LogP contribution in [0.1, 0.15) is 22.3 Å². The summed E-state index contributed by atoms with van der Waals surface area (Å²) >= 11 is 1.98. The van der Waals surface area contributed by atoms with E-state index in [1.165, 1.54) is 12.1 Å². The molecule has 0 radical (unpaired) electrons. The second-order valence-corrected chi connectivity index (χ2v) is 6.60. The van der Waals surface area contributed by atoms with E-state index in [0.717, 1.165) is 12.0 Å². The number of amides is 1. The molecule has 1 aliphatic rings. The fourth-order valence-corrected chi connectivity index (χ4v) is 2.98. The van der Waals surface area contributed by atoms with Gasteiger partial charge in [0, 0.05) is 28.7 Å². The van der Waals surface area contributed by atoms with Gasteiger partial charge in [-0.1, -0.05) is 6.07 Å². The summed E-state index contributed by atoms with van der Waals surface area (Å²) in [6.07, 6.45) is 0.825. The van der Waals surface area contributed by atoms with E-state index in [-0.39, 0.29) is 23.7 Å². The molecule has 2 aromatic rings. The molecule has 1 heterocycles. The van der Waals surface area contributed by atoms with Gasteiger partial charge >= 0.3 is 0 Å². The molecule has 8 heteroatoms. The van der Waals surface area contributed by atoms with Crippen LogP contribution in [0.2, 0.25) is 0 Å². The van der Waals surface area contributed by atoms with E-state index in [1.54, 1.807) is 6.07 Å². The van der Waals surface area contributed by atoms with Gasteiger partial charge in [0.2, 0.25) is 0 Å². The number of ether oxygens (including phenoxy) is 2. The first-order chi connectivity index (χ1) is 12.0. The van der Waals surface area contributed by atoms with Crippen LogP contribution in [0.3, 0.4) is 0 Å². The van der Waals surface area contributed by atoms with Gasteiger partial charge in [0.25, 0.3) is 11.6 Å². The quantitative estimate of drug-likeness (QED) is 0.435. The van der Waals surface area contributed by atoms with Gasteiger partial charge in [0.1, 0.15) is 0 Å². The van der Waals surface area contributed by atoms with Crippen LogP contribution in [0.15, 0.2) is 36.4 Å². The fourth-order valence-electron chi connectivity index (χ4n) is 2.40. The Kier molecular flexibility index (Phi) is 5.37. The highest BCUT2D eigenvalue weighted by molar-refractivity contribution is 14.1. The van der Waals surface area contributed by atoms with E-state index in [9.17, 15) is 14.9 Å². The molecule has 1 aliphatic heterocycles. The third-order valence-corrected chi connectivity index (χ3v) is 4.61. The molecule has 1 amide bonds. The molecule has 1 N–H and O–H groups in total. The maximum absolute atomic E-state index is 12.4. The Morgan fingerprint density at radius 3 is 2.68 bits per heavy atom. The Labute approximate surface area is 157 Å². The second-order valence-electron chi connectivity index (χ2n) is 5.44. The van der Waals surface area contributed by atoms with Crippen molar-refractivity contribution in [3.63, 3.8) is 0 Å². The third-order valence-electron chi connectivity index (χ3n) is 3.67. The summed E-state index contributed by atoms with van der Waals surface area (Å²) < 4.78 is 11.9. The number of benzene rings is 2. The Hall–Kier alpha value is -2.36. The van der Waals surface area contributed by atoms with Crippen LogP contribution in [0.25, 0.3) is 0 Å². The summed E-state index contributed by atoms with van der Waals surface area (Å²) in [4.78, 5) is 22.7. The lowest BCUT2D eigenvalue weighted by atomic mass is 10.1. The minimum absolute atomic E-state index is 0.110. The molecule has 0 aliphatic carbocycles. The lowest BCUT2D eigenvalue weighted by Gasteiger charge is -2.11. The number of nitrogens with one attached hydrogen (secondary N) is 1. The van der Waals surface area contributed by atoms with Gasteiger partial charge in [-0.25, -0.2) is 0 Å². The average molecular weight is 454 g/mol.